The molecule has 0 aromatic heterocycles. The van der Waals surface area contributed by atoms with E-state index < -0.39 is 4.92 Å². The number of nitro groups is 1. The van der Waals surface area contributed by atoms with Crippen LogP contribution in [0.25, 0.3) is 6.08 Å². The van der Waals surface area contributed by atoms with Crippen molar-refractivity contribution in [2.75, 3.05) is 7.11 Å². The van der Waals surface area contributed by atoms with Crippen LogP contribution in [0.1, 0.15) is 29.7 Å². The average molecular weight is 340 g/mol. The molecule has 0 aliphatic carbocycles. The number of amides is 1. The van der Waals surface area contributed by atoms with Crippen molar-refractivity contribution in [1.29, 1.82) is 0 Å². The predicted molar refractivity (Wildman–Crippen MR) is 96.4 cm³/mol. The van der Waals surface area contributed by atoms with Gasteiger partial charge in [0, 0.05) is 23.8 Å². The zero-order valence-electron chi connectivity index (χ0n) is 14.4. The lowest BCUT2D eigenvalue weighted by Crippen LogP contribution is -2.25. The van der Waals surface area contributed by atoms with Crippen molar-refractivity contribution in [3.8, 4) is 5.75 Å². The van der Waals surface area contributed by atoms with Gasteiger partial charge in [-0.2, -0.15) is 0 Å². The fourth-order valence-electron chi connectivity index (χ4n) is 2.45. The number of nitro benzene ring substituents is 1. The quantitative estimate of drug-likeness (QED) is 0.492. The molecule has 0 aliphatic heterocycles. The lowest BCUT2D eigenvalue weighted by molar-refractivity contribution is -0.384. The largest absolute Gasteiger partial charge is 0.496 e. The van der Waals surface area contributed by atoms with Crippen LogP contribution in [0.4, 0.5) is 5.69 Å². The molecule has 130 valence electrons. The van der Waals surface area contributed by atoms with Crippen LogP contribution in [-0.2, 0) is 4.79 Å². The molecule has 25 heavy (non-hydrogen) atoms. The molecule has 0 bridgehead atoms. The monoisotopic (exact) mass is 340 g/mol. The van der Waals surface area contributed by atoms with Crippen LogP contribution in [-0.4, -0.2) is 17.9 Å². The van der Waals surface area contributed by atoms with Crippen LogP contribution < -0.4 is 10.1 Å². The van der Waals surface area contributed by atoms with Gasteiger partial charge in [0.25, 0.3) is 5.69 Å². The number of hydrogen-bond acceptors (Lipinski definition) is 4. The Morgan fingerprint density at radius 2 is 2.04 bits per heavy atom. The molecule has 6 nitrogen and oxygen atoms in total. The summed E-state index contributed by atoms with van der Waals surface area (Å²) in [5.74, 6) is 0.420. The summed E-state index contributed by atoms with van der Waals surface area (Å²) in [5.41, 5.74) is 2.54. The van der Waals surface area contributed by atoms with Gasteiger partial charge in [-0.15, -0.1) is 0 Å². The maximum Gasteiger partial charge on any atom is 0.270 e. The van der Waals surface area contributed by atoms with Gasteiger partial charge in [0.05, 0.1) is 18.1 Å². The van der Waals surface area contributed by atoms with Crippen molar-refractivity contribution in [3.63, 3.8) is 0 Å². The minimum absolute atomic E-state index is 0.0135. The van der Waals surface area contributed by atoms with Gasteiger partial charge in [-0.3, -0.25) is 14.9 Å². The van der Waals surface area contributed by atoms with Crippen LogP contribution in [0.15, 0.2) is 48.5 Å². The highest BCUT2D eigenvalue weighted by Gasteiger charge is 2.13. The van der Waals surface area contributed by atoms with Crippen LogP contribution in [0.2, 0.25) is 0 Å². The third-order valence-electron chi connectivity index (χ3n) is 3.72. The van der Waals surface area contributed by atoms with E-state index in [0.29, 0.717) is 11.3 Å². The molecular formula is C19H20N2O4. The van der Waals surface area contributed by atoms with Gasteiger partial charge in [-0.05, 0) is 31.6 Å². The van der Waals surface area contributed by atoms with E-state index in [2.05, 4.69) is 5.32 Å². The molecule has 2 aromatic carbocycles. The summed E-state index contributed by atoms with van der Waals surface area (Å²) in [6.45, 7) is 3.84. The Morgan fingerprint density at radius 1 is 1.28 bits per heavy atom. The number of nitrogens with one attached hydrogen (secondary N) is 1. The highest BCUT2D eigenvalue weighted by atomic mass is 16.6. The van der Waals surface area contributed by atoms with E-state index in [1.807, 2.05) is 32.0 Å². The van der Waals surface area contributed by atoms with Gasteiger partial charge in [-0.25, -0.2) is 0 Å². The molecule has 0 spiro atoms. The Bertz CT molecular complexity index is 815. The minimum atomic E-state index is -0.469. The van der Waals surface area contributed by atoms with Gasteiger partial charge in [-0.1, -0.05) is 29.8 Å². The van der Waals surface area contributed by atoms with Crippen molar-refractivity contribution in [2.45, 2.75) is 19.9 Å². The number of benzene rings is 2. The van der Waals surface area contributed by atoms with Crippen molar-refractivity contribution < 1.29 is 14.5 Å². The Balaban J connectivity index is 2.08. The Morgan fingerprint density at radius 3 is 2.72 bits per heavy atom. The molecule has 0 saturated carbocycles. The first kappa shape index (κ1) is 18.2. The van der Waals surface area contributed by atoms with Gasteiger partial charge < -0.3 is 10.1 Å². The number of carbonyl (C=O) groups is 1. The summed E-state index contributed by atoms with van der Waals surface area (Å²) in [4.78, 5) is 22.4. The van der Waals surface area contributed by atoms with Crippen molar-refractivity contribution >= 4 is 17.7 Å². The van der Waals surface area contributed by atoms with E-state index in [1.54, 1.807) is 25.3 Å². The van der Waals surface area contributed by atoms with Gasteiger partial charge in [0.1, 0.15) is 5.75 Å². The van der Waals surface area contributed by atoms with Crippen LogP contribution in [0, 0.1) is 17.0 Å². The summed E-state index contributed by atoms with van der Waals surface area (Å²) < 4.78 is 5.33. The summed E-state index contributed by atoms with van der Waals surface area (Å²) >= 11 is 0. The summed E-state index contributed by atoms with van der Waals surface area (Å²) in [7, 11) is 1.59. The lowest BCUT2D eigenvalue weighted by atomic mass is 10.0. The summed E-state index contributed by atoms with van der Waals surface area (Å²) in [5, 5.41) is 13.6. The van der Waals surface area contributed by atoms with Gasteiger partial charge >= 0.3 is 0 Å². The fraction of sp³-hybridized carbons (Fsp3) is 0.211. The fourth-order valence-corrected chi connectivity index (χ4v) is 2.45. The molecule has 1 amide bonds. The first-order valence-corrected chi connectivity index (χ1v) is 7.78. The third kappa shape index (κ3) is 4.91. The Labute approximate surface area is 146 Å². The van der Waals surface area contributed by atoms with Gasteiger partial charge in [0.15, 0.2) is 0 Å². The minimum Gasteiger partial charge on any atom is -0.496 e. The third-order valence-corrected chi connectivity index (χ3v) is 3.72. The topological polar surface area (TPSA) is 81.5 Å². The molecule has 2 rings (SSSR count). The number of carbonyl (C=O) groups excluding carboxylic acids is 1. The van der Waals surface area contributed by atoms with E-state index >= 15 is 0 Å². The number of hydrogen-bond donors (Lipinski definition) is 1. The SMILES string of the molecule is COc1ccc(C)cc1[C@@H](C)NC(=O)/C=C/c1cccc([N+](=O)[O-])c1. The van der Waals surface area contributed by atoms with Crippen molar-refractivity contribution in [3.05, 3.63) is 75.3 Å². The number of ether oxygens (including phenoxy) is 1. The lowest BCUT2D eigenvalue weighted by Gasteiger charge is -2.17. The van der Waals surface area contributed by atoms with Crippen LogP contribution in [0.3, 0.4) is 0 Å². The maximum atomic E-state index is 12.1. The number of rotatable bonds is 6. The molecule has 0 fully saturated rings. The van der Waals surface area contributed by atoms with Crippen molar-refractivity contribution in [2.24, 2.45) is 0 Å². The number of aryl methyl sites for hydroxylation is 1. The molecule has 0 aliphatic rings. The highest BCUT2D eigenvalue weighted by molar-refractivity contribution is 5.92. The number of nitrogens with zero attached hydrogens (tertiary/aromatic N) is 1. The molecular weight excluding hydrogens is 320 g/mol. The second kappa shape index (κ2) is 8.10. The molecule has 1 atom stereocenters. The summed E-state index contributed by atoms with van der Waals surface area (Å²) in [6, 6.07) is 11.6. The molecule has 0 heterocycles. The average Bonchev–Trinajstić information content (AvgIpc) is 2.60. The van der Waals surface area contributed by atoms with Gasteiger partial charge in [0.2, 0.25) is 5.91 Å². The smallest absolute Gasteiger partial charge is 0.270 e. The first-order chi connectivity index (χ1) is 11.9. The molecule has 1 N–H and O–H groups in total. The number of non-ortho nitro benzene ring substituents is 1. The summed E-state index contributed by atoms with van der Waals surface area (Å²) in [6.07, 6.45) is 2.90. The van der Waals surface area contributed by atoms with E-state index in [-0.39, 0.29) is 17.6 Å². The Kier molecular flexibility index (Phi) is 5.89. The second-order valence-electron chi connectivity index (χ2n) is 5.66. The second-order valence-corrected chi connectivity index (χ2v) is 5.66. The Hall–Kier alpha value is -3.15. The maximum absolute atomic E-state index is 12.1. The zero-order valence-corrected chi connectivity index (χ0v) is 14.4. The van der Waals surface area contributed by atoms with E-state index in [9.17, 15) is 14.9 Å². The normalized spacial score (nSPS) is 12.0. The van der Waals surface area contributed by atoms with E-state index in [1.165, 1.54) is 18.2 Å². The van der Waals surface area contributed by atoms with Crippen LogP contribution in [0.5, 0.6) is 5.75 Å². The first-order valence-electron chi connectivity index (χ1n) is 7.78. The predicted octanol–water partition coefficient (Wildman–Crippen LogP) is 3.80. The molecule has 0 saturated heterocycles. The molecule has 2 aromatic rings. The standard InChI is InChI=1S/C19H20N2O4/c1-13-7-9-18(25-3)17(11-13)14(2)20-19(22)10-8-15-5-4-6-16(12-15)21(23)24/h4-12,14H,1-3H3,(H,20,22)/b10-8+/t14-/m1/s1. The van der Waals surface area contributed by atoms with E-state index in [4.69, 9.17) is 4.74 Å². The zero-order chi connectivity index (χ0) is 18.4. The number of methoxy groups -OCH3 is 1. The molecule has 0 radical (unpaired) electrons. The molecule has 6 heteroatoms. The van der Waals surface area contributed by atoms with Crippen LogP contribution >= 0.6 is 0 Å². The highest BCUT2D eigenvalue weighted by Crippen LogP contribution is 2.26. The van der Waals surface area contributed by atoms with Crippen molar-refractivity contribution in [1.82, 2.24) is 5.32 Å². The molecule has 0 unspecified atom stereocenters. The van der Waals surface area contributed by atoms with E-state index in [0.717, 1.165) is 11.1 Å².